The van der Waals surface area contributed by atoms with Gasteiger partial charge in [-0.15, -0.1) is 0 Å². The molecule has 0 aliphatic heterocycles. The first-order valence-electron chi connectivity index (χ1n) is 5.09. The highest BCUT2D eigenvalue weighted by atomic mass is 35.5. The molecule has 4 heteroatoms. The summed E-state index contributed by atoms with van der Waals surface area (Å²) in [5, 5.41) is 9.61. The second-order valence-electron chi connectivity index (χ2n) is 4.38. The third kappa shape index (κ3) is 1.42. The Bertz CT molecular complexity index is 452. The van der Waals surface area contributed by atoms with Crippen molar-refractivity contribution in [3.8, 4) is 0 Å². The number of aliphatic carboxylic acids is 1. The van der Waals surface area contributed by atoms with Crippen LogP contribution < -0.4 is 0 Å². The van der Waals surface area contributed by atoms with Crippen LogP contribution in [0.25, 0.3) is 0 Å². The first-order valence-corrected chi connectivity index (χ1v) is 5.47. The molecule has 1 N–H and O–H groups in total. The van der Waals surface area contributed by atoms with Crippen LogP contribution >= 0.6 is 11.6 Å². The Morgan fingerprint density at radius 3 is 2.50 bits per heavy atom. The third-order valence-corrected chi connectivity index (χ3v) is 3.67. The molecule has 0 saturated heterocycles. The summed E-state index contributed by atoms with van der Waals surface area (Å²) in [6.07, 6.45) is 0.972. The smallest absolute Gasteiger partial charge is 0.314 e. The van der Waals surface area contributed by atoms with Crippen LogP contribution in [-0.2, 0) is 10.2 Å². The largest absolute Gasteiger partial charge is 0.481 e. The van der Waals surface area contributed by atoms with E-state index in [2.05, 4.69) is 0 Å². The van der Waals surface area contributed by atoms with Gasteiger partial charge in [-0.1, -0.05) is 11.6 Å². The fourth-order valence-electron chi connectivity index (χ4n) is 2.11. The van der Waals surface area contributed by atoms with E-state index in [1.165, 1.54) is 6.07 Å². The molecule has 0 radical (unpaired) electrons. The molecule has 0 spiro atoms. The van der Waals surface area contributed by atoms with Gasteiger partial charge in [0.25, 0.3) is 0 Å². The summed E-state index contributed by atoms with van der Waals surface area (Å²) >= 11 is 5.97. The predicted molar refractivity (Wildman–Crippen MR) is 59.4 cm³/mol. The number of rotatable bonds is 2. The summed E-state index contributed by atoms with van der Waals surface area (Å²) in [7, 11) is 0. The van der Waals surface area contributed by atoms with Crippen molar-refractivity contribution in [2.45, 2.75) is 32.1 Å². The van der Waals surface area contributed by atoms with Crippen molar-refractivity contribution in [1.82, 2.24) is 0 Å². The van der Waals surface area contributed by atoms with E-state index >= 15 is 0 Å². The van der Waals surface area contributed by atoms with E-state index in [9.17, 15) is 14.3 Å². The first-order chi connectivity index (χ1) is 7.40. The number of carboxylic acids is 1. The molecule has 1 fully saturated rings. The Morgan fingerprint density at radius 2 is 2.06 bits per heavy atom. The van der Waals surface area contributed by atoms with Crippen LogP contribution in [0.4, 0.5) is 4.39 Å². The van der Waals surface area contributed by atoms with Gasteiger partial charge in [0.1, 0.15) is 5.82 Å². The van der Waals surface area contributed by atoms with Crippen LogP contribution in [0.1, 0.15) is 29.5 Å². The maximum absolute atomic E-state index is 14.0. The zero-order valence-electron chi connectivity index (χ0n) is 9.10. The molecule has 1 aromatic rings. The lowest BCUT2D eigenvalue weighted by Crippen LogP contribution is -2.23. The van der Waals surface area contributed by atoms with Crippen LogP contribution in [0.2, 0.25) is 5.02 Å². The number of carbonyl (C=O) groups is 1. The summed E-state index contributed by atoms with van der Waals surface area (Å²) in [5.41, 5.74) is 0.178. The highest BCUT2D eigenvalue weighted by Crippen LogP contribution is 2.51. The standard InChI is InChI=1S/C12H12ClFO2/c1-6-5-8(13)7(2)9(10(6)14)12(3-4-12)11(15)16/h5H,3-4H2,1-2H3,(H,15,16). The molecular weight excluding hydrogens is 231 g/mol. The van der Waals surface area contributed by atoms with E-state index in [1.54, 1.807) is 13.8 Å². The van der Waals surface area contributed by atoms with Gasteiger partial charge in [0.15, 0.2) is 0 Å². The van der Waals surface area contributed by atoms with Crippen LogP contribution in [0.3, 0.4) is 0 Å². The molecule has 0 bridgehead atoms. The minimum Gasteiger partial charge on any atom is -0.481 e. The van der Waals surface area contributed by atoms with Crippen molar-refractivity contribution in [2.75, 3.05) is 0 Å². The number of hydrogen-bond acceptors (Lipinski definition) is 1. The van der Waals surface area contributed by atoms with Crippen molar-refractivity contribution >= 4 is 17.6 Å². The van der Waals surface area contributed by atoms with Crippen molar-refractivity contribution in [3.63, 3.8) is 0 Å². The first kappa shape index (κ1) is 11.4. The predicted octanol–water partition coefficient (Wildman–Crippen LogP) is 3.21. The zero-order chi connectivity index (χ0) is 12.1. The highest BCUT2D eigenvalue weighted by molar-refractivity contribution is 6.31. The summed E-state index contributed by atoms with van der Waals surface area (Å²) in [6, 6.07) is 1.54. The Morgan fingerprint density at radius 1 is 1.50 bits per heavy atom. The van der Waals surface area contributed by atoms with Crippen LogP contribution in [0, 0.1) is 19.7 Å². The average Bonchev–Trinajstić information content (AvgIpc) is 2.97. The van der Waals surface area contributed by atoms with Gasteiger partial charge >= 0.3 is 5.97 Å². The minimum atomic E-state index is -1.04. The number of hydrogen-bond donors (Lipinski definition) is 1. The van der Waals surface area contributed by atoms with Crippen molar-refractivity contribution in [2.24, 2.45) is 0 Å². The van der Waals surface area contributed by atoms with Gasteiger partial charge in [-0.25, -0.2) is 4.39 Å². The van der Waals surface area contributed by atoms with E-state index < -0.39 is 17.2 Å². The van der Waals surface area contributed by atoms with E-state index in [4.69, 9.17) is 11.6 Å². The fourth-order valence-corrected chi connectivity index (χ4v) is 2.37. The molecule has 0 aromatic heterocycles. The van der Waals surface area contributed by atoms with Gasteiger partial charge in [0.2, 0.25) is 0 Å². The van der Waals surface area contributed by atoms with Crippen LogP contribution in [-0.4, -0.2) is 11.1 Å². The van der Waals surface area contributed by atoms with E-state index in [-0.39, 0.29) is 5.56 Å². The maximum Gasteiger partial charge on any atom is 0.314 e. The van der Waals surface area contributed by atoms with Crippen LogP contribution in [0.5, 0.6) is 0 Å². The molecule has 1 aliphatic rings. The lowest BCUT2D eigenvalue weighted by Gasteiger charge is -2.17. The van der Waals surface area contributed by atoms with Gasteiger partial charge in [0, 0.05) is 10.6 Å². The number of aryl methyl sites for hydroxylation is 1. The van der Waals surface area contributed by atoms with Gasteiger partial charge < -0.3 is 5.11 Å². The van der Waals surface area contributed by atoms with Crippen molar-refractivity contribution in [1.29, 1.82) is 0 Å². The molecule has 0 unspecified atom stereocenters. The third-order valence-electron chi connectivity index (χ3n) is 3.28. The molecule has 1 aliphatic carbocycles. The quantitative estimate of drug-likeness (QED) is 0.865. The van der Waals surface area contributed by atoms with Crippen molar-refractivity contribution in [3.05, 3.63) is 33.6 Å². The molecule has 16 heavy (non-hydrogen) atoms. The maximum atomic E-state index is 14.0. The Hall–Kier alpha value is -1.09. The minimum absolute atomic E-state index is 0.269. The van der Waals surface area contributed by atoms with Gasteiger partial charge in [-0.2, -0.15) is 0 Å². The average molecular weight is 243 g/mol. The van der Waals surface area contributed by atoms with Crippen molar-refractivity contribution < 1.29 is 14.3 Å². The van der Waals surface area contributed by atoms with Gasteiger partial charge in [-0.05, 0) is 43.9 Å². The summed E-state index contributed by atoms with van der Waals surface area (Å²) in [5.74, 6) is -1.39. The monoisotopic (exact) mass is 242 g/mol. The summed E-state index contributed by atoms with van der Waals surface area (Å²) in [4.78, 5) is 11.2. The second kappa shape index (κ2) is 3.45. The lowest BCUT2D eigenvalue weighted by atomic mass is 9.90. The SMILES string of the molecule is Cc1cc(Cl)c(C)c(C2(C(=O)O)CC2)c1F. The molecular formula is C12H12ClFO2. The number of carboxylic acid groups (broad SMARTS) is 1. The molecule has 0 amide bonds. The Kier molecular flexibility index (Phi) is 2.46. The topological polar surface area (TPSA) is 37.3 Å². The summed E-state index contributed by atoms with van der Waals surface area (Å²) < 4.78 is 14.0. The van der Waals surface area contributed by atoms with Gasteiger partial charge in [-0.3, -0.25) is 4.79 Å². The molecule has 0 heterocycles. The molecule has 0 atom stereocenters. The molecule has 86 valence electrons. The Balaban J connectivity index is 2.70. The molecule has 1 saturated carbocycles. The van der Waals surface area contributed by atoms with Crippen LogP contribution in [0.15, 0.2) is 6.07 Å². The molecule has 2 rings (SSSR count). The Labute approximate surface area is 98.0 Å². The number of benzene rings is 1. The normalized spacial score (nSPS) is 17.2. The second-order valence-corrected chi connectivity index (χ2v) is 4.78. The number of halogens is 2. The highest BCUT2D eigenvalue weighted by Gasteiger charge is 2.54. The van der Waals surface area contributed by atoms with E-state index in [1.807, 2.05) is 0 Å². The van der Waals surface area contributed by atoms with Gasteiger partial charge in [0.05, 0.1) is 5.41 Å². The molecule has 1 aromatic carbocycles. The van der Waals surface area contributed by atoms with E-state index in [0.717, 1.165) is 0 Å². The summed E-state index contributed by atoms with van der Waals surface area (Å²) in [6.45, 7) is 3.27. The molecule has 2 nitrogen and oxygen atoms in total. The lowest BCUT2D eigenvalue weighted by molar-refractivity contribution is -0.140. The fraction of sp³-hybridized carbons (Fsp3) is 0.417. The zero-order valence-corrected chi connectivity index (χ0v) is 9.86. The van der Waals surface area contributed by atoms with E-state index in [0.29, 0.717) is 29.0 Å².